The third kappa shape index (κ3) is 3.49. The lowest BCUT2D eigenvalue weighted by Crippen LogP contribution is -2.37. The second kappa shape index (κ2) is 6.53. The van der Waals surface area contributed by atoms with Crippen molar-refractivity contribution in [3.63, 3.8) is 0 Å². The van der Waals surface area contributed by atoms with Gasteiger partial charge in [-0.25, -0.2) is 9.18 Å². The van der Waals surface area contributed by atoms with Gasteiger partial charge in [-0.2, -0.15) is 0 Å². The highest BCUT2D eigenvalue weighted by atomic mass is 19.1. The van der Waals surface area contributed by atoms with Crippen LogP contribution in [-0.4, -0.2) is 44.7 Å². The fraction of sp³-hybridized carbons (Fsp3) is 0.429. The van der Waals surface area contributed by atoms with E-state index in [-0.39, 0.29) is 17.6 Å². The number of hydrogen-bond acceptors (Lipinski definition) is 3. The van der Waals surface area contributed by atoms with Crippen LogP contribution in [-0.2, 0) is 0 Å². The number of amides is 3. The van der Waals surface area contributed by atoms with Crippen LogP contribution < -0.4 is 20.9 Å². The molecule has 0 radical (unpaired) electrons. The first-order chi connectivity index (χ1) is 10.0. The number of carbonyl (C=O) groups is 2. The Hall–Kier alpha value is -2.15. The first kappa shape index (κ1) is 15.2. The van der Waals surface area contributed by atoms with Gasteiger partial charge in [-0.15, -0.1) is 0 Å². The first-order valence-corrected chi connectivity index (χ1v) is 6.83. The number of benzene rings is 1. The lowest BCUT2D eigenvalue weighted by molar-refractivity contribution is 0.0946. The SMILES string of the molecule is CNC(C)CNC(=O)c1cc(N2CCNC2=O)ccc1F. The Labute approximate surface area is 122 Å². The molecule has 6 nitrogen and oxygen atoms in total. The molecule has 0 aromatic heterocycles. The second-order valence-electron chi connectivity index (χ2n) is 4.95. The van der Waals surface area contributed by atoms with E-state index in [1.807, 2.05) is 6.92 Å². The zero-order valence-corrected chi connectivity index (χ0v) is 12.1. The summed E-state index contributed by atoms with van der Waals surface area (Å²) in [5.74, 6) is -1.09. The summed E-state index contributed by atoms with van der Waals surface area (Å²) in [4.78, 5) is 25.1. The topological polar surface area (TPSA) is 73.5 Å². The molecule has 7 heteroatoms. The normalized spacial score (nSPS) is 15.8. The maximum Gasteiger partial charge on any atom is 0.321 e. The number of halogens is 1. The van der Waals surface area contributed by atoms with E-state index in [1.54, 1.807) is 7.05 Å². The van der Waals surface area contributed by atoms with Gasteiger partial charge in [0, 0.05) is 31.4 Å². The van der Waals surface area contributed by atoms with E-state index in [9.17, 15) is 14.0 Å². The van der Waals surface area contributed by atoms with Gasteiger partial charge in [-0.1, -0.05) is 0 Å². The van der Waals surface area contributed by atoms with Crippen LogP contribution in [0.5, 0.6) is 0 Å². The number of hydrogen-bond donors (Lipinski definition) is 3. The van der Waals surface area contributed by atoms with E-state index in [4.69, 9.17) is 0 Å². The molecule has 2 rings (SSSR count). The van der Waals surface area contributed by atoms with Crippen LogP contribution >= 0.6 is 0 Å². The summed E-state index contributed by atoms with van der Waals surface area (Å²) >= 11 is 0. The number of nitrogens with zero attached hydrogens (tertiary/aromatic N) is 1. The Bertz CT molecular complexity index is 550. The zero-order chi connectivity index (χ0) is 15.4. The van der Waals surface area contributed by atoms with Crippen LogP contribution in [0, 0.1) is 5.82 Å². The van der Waals surface area contributed by atoms with Crippen molar-refractivity contribution in [1.29, 1.82) is 0 Å². The molecular weight excluding hydrogens is 275 g/mol. The van der Waals surface area contributed by atoms with Crippen LogP contribution in [0.3, 0.4) is 0 Å². The molecule has 1 aromatic carbocycles. The van der Waals surface area contributed by atoms with E-state index < -0.39 is 11.7 Å². The minimum atomic E-state index is -0.604. The average molecular weight is 294 g/mol. The van der Waals surface area contributed by atoms with Crippen molar-refractivity contribution < 1.29 is 14.0 Å². The predicted octanol–water partition coefficient (Wildman–Crippen LogP) is 0.693. The van der Waals surface area contributed by atoms with Crippen LogP contribution in [0.4, 0.5) is 14.9 Å². The van der Waals surface area contributed by atoms with Crippen molar-refractivity contribution in [3.05, 3.63) is 29.6 Å². The first-order valence-electron chi connectivity index (χ1n) is 6.83. The minimum Gasteiger partial charge on any atom is -0.350 e. The van der Waals surface area contributed by atoms with Gasteiger partial charge in [0.15, 0.2) is 0 Å². The molecule has 1 aliphatic rings. The summed E-state index contributed by atoms with van der Waals surface area (Å²) < 4.78 is 13.8. The van der Waals surface area contributed by atoms with Crippen LogP contribution in [0.1, 0.15) is 17.3 Å². The van der Waals surface area contributed by atoms with Crippen molar-refractivity contribution in [2.75, 3.05) is 31.6 Å². The van der Waals surface area contributed by atoms with Gasteiger partial charge >= 0.3 is 6.03 Å². The van der Waals surface area contributed by atoms with Crippen molar-refractivity contribution in [2.45, 2.75) is 13.0 Å². The summed E-state index contributed by atoms with van der Waals surface area (Å²) in [6.45, 7) is 3.34. The molecular formula is C14H19FN4O2. The van der Waals surface area contributed by atoms with Crippen LogP contribution in [0.25, 0.3) is 0 Å². The summed E-state index contributed by atoms with van der Waals surface area (Å²) in [6.07, 6.45) is 0. The predicted molar refractivity (Wildman–Crippen MR) is 78.0 cm³/mol. The molecule has 0 bridgehead atoms. The highest BCUT2D eigenvalue weighted by Crippen LogP contribution is 2.20. The lowest BCUT2D eigenvalue weighted by Gasteiger charge is -2.16. The summed E-state index contributed by atoms with van der Waals surface area (Å²) in [6, 6.07) is 3.95. The molecule has 1 saturated heterocycles. The molecule has 0 spiro atoms. The molecule has 1 aromatic rings. The van der Waals surface area contributed by atoms with Gasteiger partial charge < -0.3 is 16.0 Å². The van der Waals surface area contributed by atoms with E-state index in [0.29, 0.717) is 25.3 Å². The van der Waals surface area contributed by atoms with Crippen LogP contribution in [0.15, 0.2) is 18.2 Å². The quantitative estimate of drug-likeness (QED) is 0.748. The van der Waals surface area contributed by atoms with Crippen molar-refractivity contribution >= 4 is 17.6 Å². The van der Waals surface area contributed by atoms with Gasteiger partial charge in [-0.3, -0.25) is 9.69 Å². The molecule has 1 aliphatic heterocycles. The lowest BCUT2D eigenvalue weighted by atomic mass is 10.1. The molecule has 1 heterocycles. The van der Waals surface area contributed by atoms with E-state index in [2.05, 4.69) is 16.0 Å². The molecule has 1 fully saturated rings. The monoisotopic (exact) mass is 294 g/mol. The van der Waals surface area contributed by atoms with Gasteiger partial charge in [0.25, 0.3) is 5.91 Å². The van der Waals surface area contributed by atoms with Gasteiger partial charge in [-0.05, 0) is 32.2 Å². The Morgan fingerprint density at radius 1 is 1.52 bits per heavy atom. The molecule has 3 amide bonds. The third-order valence-electron chi connectivity index (χ3n) is 3.42. The number of rotatable bonds is 5. The smallest absolute Gasteiger partial charge is 0.321 e. The molecule has 21 heavy (non-hydrogen) atoms. The van der Waals surface area contributed by atoms with Crippen LogP contribution in [0.2, 0.25) is 0 Å². The summed E-state index contributed by atoms with van der Waals surface area (Å²) in [7, 11) is 1.78. The fourth-order valence-electron chi connectivity index (χ4n) is 2.02. The molecule has 1 atom stereocenters. The maximum atomic E-state index is 13.8. The maximum absolute atomic E-state index is 13.8. The Morgan fingerprint density at radius 3 is 2.90 bits per heavy atom. The standard InChI is InChI=1S/C14H19FN4O2/c1-9(16-2)8-18-13(20)11-7-10(3-4-12(11)15)19-6-5-17-14(19)21/h3-4,7,9,16H,5-6,8H2,1-2H3,(H,17,21)(H,18,20). The molecule has 0 saturated carbocycles. The van der Waals surface area contributed by atoms with Gasteiger partial charge in [0.05, 0.1) is 5.56 Å². The number of anilines is 1. The summed E-state index contributed by atoms with van der Waals surface area (Å²) in [5.41, 5.74) is 0.453. The Kier molecular flexibility index (Phi) is 4.74. The average Bonchev–Trinajstić information content (AvgIpc) is 2.91. The van der Waals surface area contributed by atoms with Gasteiger partial charge in [0.2, 0.25) is 0 Å². The van der Waals surface area contributed by atoms with Crippen molar-refractivity contribution in [2.24, 2.45) is 0 Å². The summed E-state index contributed by atoms with van der Waals surface area (Å²) in [5, 5.41) is 8.30. The molecule has 114 valence electrons. The zero-order valence-electron chi connectivity index (χ0n) is 12.1. The number of carbonyl (C=O) groups excluding carboxylic acids is 2. The third-order valence-corrected chi connectivity index (χ3v) is 3.42. The van der Waals surface area contributed by atoms with E-state index in [0.717, 1.165) is 0 Å². The number of likely N-dealkylation sites (N-methyl/N-ethyl adjacent to an activating group) is 1. The number of nitrogens with one attached hydrogen (secondary N) is 3. The highest BCUT2D eigenvalue weighted by Gasteiger charge is 2.23. The van der Waals surface area contributed by atoms with E-state index >= 15 is 0 Å². The molecule has 1 unspecified atom stereocenters. The van der Waals surface area contributed by atoms with Crippen molar-refractivity contribution in [3.8, 4) is 0 Å². The number of urea groups is 1. The Balaban J connectivity index is 2.15. The second-order valence-corrected chi connectivity index (χ2v) is 4.95. The fourth-order valence-corrected chi connectivity index (χ4v) is 2.02. The molecule has 3 N–H and O–H groups in total. The highest BCUT2D eigenvalue weighted by molar-refractivity contribution is 5.98. The Morgan fingerprint density at radius 2 is 2.29 bits per heavy atom. The van der Waals surface area contributed by atoms with E-state index in [1.165, 1.54) is 23.1 Å². The van der Waals surface area contributed by atoms with Gasteiger partial charge in [0.1, 0.15) is 5.82 Å². The largest absolute Gasteiger partial charge is 0.350 e. The minimum absolute atomic E-state index is 0.0597. The molecule has 0 aliphatic carbocycles. The van der Waals surface area contributed by atoms with Crippen molar-refractivity contribution in [1.82, 2.24) is 16.0 Å².